The maximum atomic E-state index is 12.9. The van der Waals surface area contributed by atoms with E-state index in [0.29, 0.717) is 10.1 Å². The number of hydrogen-bond donors (Lipinski definition) is 1. The average Bonchev–Trinajstić information content (AvgIpc) is 3.13. The molecule has 9 nitrogen and oxygen atoms in total. The van der Waals surface area contributed by atoms with Gasteiger partial charge in [-0.2, -0.15) is 5.26 Å². The number of hydrogen-bond acceptors (Lipinski definition) is 7. The van der Waals surface area contributed by atoms with Crippen LogP contribution in [0.2, 0.25) is 0 Å². The van der Waals surface area contributed by atoms with E-state index >= 15 is 0 Å². The first-order valence-corrected chi connectivity index (χ1v) is 11.4. The molecule has 0 aliphatic rings. The van der Waals surface area contributed by atoms with Gasteiger partial charge in [-0.25, -0.2) is 14.2 Å². The number of carbonyl (C=O) groups excluding carboxylic acids is 2. The number of carbonyl (C=O) groups is 2. The lowest BCUT2D eigenvalue weighted by atomic mass is 10.0. The van der Waals surface area contributed by atoms with Gasteiger partial charge in [0.05, 0.1) is 6.61 Å². The largest absolute Gasteiger partial charge is 0.462 e. The van der Waals surface area contributed by atoms with Crippen molar-refractivity contribution in [2.24, 2.45) is 0 Å². The number of nitriles is 1. The Hall–Kier alpha value is -3.97. The highest BCUT2D eigenvalue weighted by atomic mass is 32.1. The second kappa shape index (κ2) is 10.3. The Balaban J connectivity index is 2.03. The monoisotopic (exact) mass is 480 g/mol. The van der Waals surface area contributed by atoms with Crippen LogP contribution >= 0.6 is 11.3 Å². The van der Waals surface area contributed by atoms with Crippen LogP contribution in [0.15, 0.2) is 40.1 Å². The zero-order valence-corrected chi connectivity index (χ0v) is 20.1. The average molecular weight is 481 g/mol. The van der Waals surface area contributed by atoms with E-state index in [-0.39, 0.29) is 29.3 Å². The van der Waals surface area contributed by atoms with Crippen molar-refractivity contribution in [3.63, 3.8) is 0 Å². The lowest BCUT2D eigenvalue weighted by Gasteiger charge is -2.11. The van der Waals surface area contributed by atoms with Gasteiger partial charge in [-0.05, 0) is 33.3 Å². The molecule has 0 unspecified atom stereocenters. The van der Waals surface area contributed by atoms with Gasteiger partial charge in [0.25, 0.3) is 5.56 Å². The number of amides is 1. The quantitative estimate of drug-likeness (QED) is 0.519. The molecule has 1 N–H and O–H groups in total. The molecule has 3 aromatic rings. The molecule has 2 aromatic heterocycles. The first-order valence-electron chi connectivity index (χ1n) is 10.6. The smallest absolute Gasteiger partial charge is 0.341 e. The second-order valence-corrected chi connectivity index (χ2v) is 8.71. The summed E-state index contributed by atoms with van der Waals surface area (Å²) >= 11 is 1.20. The van der Waals surface area contributed by atoms with Gasteiger partial charge in [0, 0.05) is 23.2 Å². The van der Waals surface area contributed by atoms with E-state index in [1.165, 1.54) is 22.1 Å². The van der Waals surface area contributed by atoms with Crippen molar-refractivity contribution < 1.29 is 14.3 Å². The Morgan fingerprint density at radius 2 is 1.82 bits per heavy atom. The van der Waals surface area contributed by atoms with Crippen molar-refractivity contribution >= 4 is 28.2 Å². The highest BCUT2D eigenvalue weighted by Crippen LogP contribution is 2.40. The number of rotatable bonds is 7. The van der Waals surface area contributed by atoms with Crippen LogP contribution in [0.5, 0.6) is 0 Å². The summed E-state index contributed by atoms with van der Waals surface area (Å²) in [5, 5.41) is 12.1. The third-order valence-electron chi connectivity index (χ3n) is 5.16. The van der Waals surface area contributed by atoms with Crippen LogP contribution in [0.1, 0.15) is 40.2 Å². The molecule has 0 saturated heterocycles. The molecule has 0 aliphatic heterocycles. The Morgan fingerprint density at radius 1 is 1.15 bits per heavy atom. The molecule has 0 spiro atoms. The fourth-order valence-electron chi connectivity index (χ4n) is 3.50. The third kappa shape index (κ3) is 4.84. The molecular weight excluding hydrogens is 456 g/mol. The van der Waals surface area contributed by atoms with Crippen LogP contribution in [-0.4, -0.2) is 27.6 Å². The molecule has 0 bridgehead atoms. The summed E-state index contributed by atoms with van der Waals surface area (Å²) < 4.78 is 7.13. The van der Waals surface area contributed by atoms with Gasteiger partial charge >= 0.3 is 11.7 Å². The minimum atomic E-state index is -0.847. The number of anilines is 1. The Kier molecular flexibility index (Phi) is 7.48. The third-order valence-corrected chi connectivity index (χ3v) is 6.18. The molecule has 176 valence electrons. The lowest BCUT2D eigenvalue weighted by molar-refractivity contribution is -0.116. The van der Waals surface area contributed by atoms with Crippen LogP contribution in [0.3, 0.4) is 0 Å². The maximum Gasteiger partial charge on any atom is 0.341 e. The van der Waals surface area contributed by atoms with E-state index in [1.54, 1.807) is 19.9 Å². The fourth-order valence-corrected chi connectivity index (χ4v) is 4.59. The van der Waals surface area contributed by atoms with E-state index < -0.39 is 29.7 Å². The molecule has 2 heterocycles. The van der Waals surface area contributed by atoms with E-state index in [4.69, 9.17) is 4.74 Å². The van der Waals surface area contributed by atoms with Gasteiger partial charge < -0.3 is 10.1 Å². The number of benzene rings is 1. The number of aryl methyl sites for hydroxylation is 3. The maximum absolute atomic E-state index is 12.9. The Bertz CT molecular complexity index is 1410. The number of nitrogens with one attached hydrogen (secondary N) is 1. The zero-order valence-electron chi connectivity index (χ0n) is 19.3. The topological polar surface area (TPSA) is 123 Å². The van der Waals surface area contributed by atoms with Crippen molar-refractivity contribution in [2.75, 3.05) is 11.9 Å². The Morgan fingerprint density at radius 3 is 2.41 bits per heavy atom. The molecular formula is C24H24N4O5S. The highest BCUT2D eigenvalue weighted by molar-refractivity contribution is 7.17. The molecule has 0 atom stereocenters. The molecule has 0 saturated carbocycles. The van der Waals surface area contributed by atoms with Gasteiger partial charge in [0.1, 0.15) is 28.7 Å². The molecule has 10 heteroatoms. The van der Waals surface area contributed by atoms with Crippen LogP contribution in [0.4, 0.5) is 5.00 Å². The minimum absolute atomic E-state index is 0.154. The van der Waals surface area contributed by atoms with Gasteiger partial charge in [0.2, 0.25) is 5.91 Å². The molecule has 3 rings (SSSR count). The normalized spacial score (nSPS) is 10.6. The summed E-state index contributed by atoms with van der Waals surface area (Å²) in [7, 11) is 0. The molecule has 34 heavy (non-hydrogen) atoms. The van der Waals surface area contributed by atoms with Crippen molar-refractivity contribution in [3.05, 3.63) is 72.9 Å². The van der Waals surface area contributed by atoms with Crippen LogP contribution in [0, 0.1) is 25.2 Å². The predicted molar refractivity (Wildman–Crippen MR) is 129 cm³/mol. The van der Waals surface area contributed by atoms with E-state index in [9.17, 15) is 24.4 Å². The van der Waals surface area contributed by atoms with Gasteiger partial charge in [-0.1, -0.05) is 29.8 Å². The first kappa shape index (κ1) is 24.7. The molecule has 0 aliphatic carbocycles. The van der Waals surface area contributed by atoms with Crippen molar-refractivity contribution in [3.8, 4) is 17.2 Å². The fraction of sp³-hybridized carbons (Fsp3) is 0.292. The van der Waals surface area contributed by atoms with Crippen LogP contribution in [-0.2, 0) is 22.6 Å². The molecule has 0 radical (unpaired) electrons. The standard InChI is InChI=1S/C24H24N4O5S/c1-5-27-12-17(11-25)22(30)28(24(27)32)13-18(29)26-21-20(23(31)33-6-2)19(15(4)34-21)16-9-7-14(3)8-10-16/h7-10,12H,5-6,13H2,1-4H3,(H,26,29). The summed E-state index contributed by atoms with van der Waals surface area (Å²) in [6.07, 6.45) is 1.18. The summed E-state index contributed by atoms with van der Waals surface area (Å²) in [4.78, 5) is 51.6. The number of ether oxygens (including phenoxy) is 1. The molecule has 1 amide bonds. The van der Waals surface area contributed by atoms with Crippen molar-refractivity contribution in [1.29, 1.82) is 5.26 Å². The summed E-state index contributed by atoms with van der Waals surface area (Å²) in [5.74, 6) is -1.27. The van der Waals surface area contributed by atoms with E-state index in [0.717, 1.165) is 16.0 Å². The predicted octanol–water partition coefficient (Wildman–Crippen LogP) is 3.06. The van der Waals surface area contributed by atoms with Gasteiger partial charge in [0.15, 0.2) is 0 Å². The number of nitrogens with zero attached hydrogens (tertiary/aromatic N) is 3. The lowest BCUT2D eigenvalue weighted by Crippen LogP contribution is -2.43. The summed E-state index contributed by atoms with van der Waals surface area (Å²) in [6.45, 7) is 6.94. The van der Waals surface area contributed by atoms with E-state index in [1.807, 2.05) is 38.1 Å². The number of thiophene rings is 1. The Labute approximate surface area is 199 Å². The minimum Gasteiger partial charge on any atom is -0.462 e. The zero-order chi connectivity index (χ0) is 25.0. The summed E-state index contributed by atoms with van der Waals surface area (Å²) in [6, 6.07) is 9.37. The van der Waals surface area contributed by atoms with Crippen molar-refractivity contribution in [1.82, 2.24) is 9.13 Å². The summed E-state index contributed by atoms with van der Waals surface area (Å²) in [5.41, 5.74) is 0.935. The van der Waals surface area contributed by atoms with Crippen molar-refractivity contribution in [2.45, 2.75) is 40.8 Å². The van der Waals surface area contributed by atoms with Crippen LogP contribution < -0.4 is 16.6 Å². The van der Waals surface area contributed by atoms with E-state index in [2.05, 4.69) is 5.32 Å². The first-order chi connectivity index (χ1) is 16.2. The van der Waals surface area contributed by atoms with Crippen LogP contribution in [0.25, 0.3) is 11.1 Å². The molecule has 1 aromatic carbocycles. The SMILES string of the molecule is CCOC(=O)c1c(NC(=O)Cn2c(=O)c(C#N)cn(CC)c2=O)sc(C)c1-c1ccc(C)cc1. The molecule has 0 fully saturated rings. The number of aromatic nitrogens is 2. The number of esters is 1. The van der Waals surface area contributed by atoms with Gasteiger partial charge in [-0.15, -0.1) is 11.3 Å². The van der Waals surface area contributed by atoms with Gasteiger partial charge in [-0.3, -0.25) is 14.2 Å². The highest BCUT2D eigenvalue weighted by Gasteiger charge is 2.26. The second-order valence-electron chi connectivity index (χ2n) is 7.49.